The summed E-state index contributed by atoms with van der Waals surface area (Å²) in [5.41, 5.74) is 5.72. The Balaban J connectivity index is 1.73. The molecule has 0 aliphatic carbocycles. The fourth-order valence-electron chi connectivity index (χ4n) is 3.02. The number of hydrogen-bond donors (Lipinski definition) is 2. The molecule has 162 valence electrons. The van der Waals surface area contributed by atoms with E-state index in [0.29, 0.717) is 13.1 Å². The van der Waals surface area contributed by atoms with Gasteiger partial charge in [0.05, 0.1) is 17.4 Å². The number of nitrogens with one attached hydrogen (secondary N) is 2. The van der Waals surface area contributed by atoms with Crippen LogP contribution in [-0.2, 0) is 10.0 Å². The minimum Gasteiger partial charge on any atom is -0.295 e. The van der Waals surface area contributed by atoms with Crippen molar-refractivity contribution in [3.63, 3.8) is 0 Å². The second-order valence-electron chi connectivity index (χ2n) is 6.51. The van der Waals surface area contributed by atoms with Gasteiger partial charge < -0.3 is 0 Å². The van der Waals surface area contributed by atoms with Crippen LogP contribution in [0.3, 0.4) is 0 Å². The molecule has 0 saturated heterocycles. The highest BCUT2D eigenvalue weighted by molar-refractivity contribution is 7.89. The highest BCUT2D eigenvalue weighted by Crippen LogP contribution is 2.17. The zero-order valence-corrected chi connectivity index (χ0v) is 18.0. The predicted molar refractivity (Wildman–Crippen MR) is 115 cm³/mol. The summed E-state index contributed by atoms with van der Waals surface area (Å²) in [6, 6.07) is 14.8. The van der Waals surface area contributed by atoms with Gasteiger partial charge in [0.2, 0.25) is 10.0 Å². The number of carbonyl (C=O) groups excluding carboxylic acids is 2. The maximum absolute atomic E-state index is 12.7. The lowest BCUT2D eigenvalue weighted by molar-refractivity contribution is 0.0842. The maximum Gasteiger partial charge on any atom is 0.288 e. The van der Waals surface area contributed by atoms with Crippen LogP contribution in [0.4, 0.5) is 0 Å². The summed E-state index contributed by atoms with van der Waals surface area (Å²) in [7, 11) is -3.71. The molecule has 0 atom stereocenters. The number of benzene rings is 2. The Morgan fingerprint density at radius 1 is 0.968 bits per heavy atom. The fraction of sp³-hybridized carbons (Fsp3) is 0.190. The molecule has 1 heterocycles. The smallest absolute Gasteiger partial charge is 0.288 e. The molecule has 0 fully saturated rings. The van der Waals surface area contributed by atoms with Crippen molar-refractivity contribution >= 4 is 21.8 Å². The zero-order valence-electron chi connectivity index (χ0n) is 17.1. The van der Waals surface area contributed by atoms with Crippen molar-refractivity contribution in [1.82, 2.24) is 24.7 Å². The van der Waals surface area contributed by atoms with E-state index in [9.17, 15) is 18.0 Å². The lowest BCUT2D eigenvalue weighted by Gasteiger charge is -2.18. The molecular weight excluding hydrogens is 418 g/mol. The van der Waals surface area contributed by atoms with E-state index in [-0.39, 0.29) is 16.2 Å². The van der Waals surface area contributed by atoms with Crippen molar-refractivity contribution in [1.29, 1.82) is 0 Å². The van der Waals surface area contributed by atoms with Crippen LogP contribution in [0.25, 0.3) is 5.69 Å². The van der Waals surface area contributed by atoms with E-state index >= 15 is 0 Å². The number of hydrogen-bond acceptors (Lipinski definition) is 5. The summed E-state index contributed by atoms with van der Waals surface area (Å²) in [5.74, 6) is -1.21. The molecule has 10 heteroatoms. The average Bonchev–Trinajstić information content (AvgIpc) is 3.28. The molecule has 1 aromatic heterocycles. The van der Waals surface area contributed by atoms with Crippen molar-refractivity contribution in [3.05, 3.63) is 78.4 Å². The van der Waals surface area contributed by atoms with Crippen LogP contribution in [0.2, 0.25) is 0 Å². The van der Waals surface area contributed by atoms with Crippen LogP contribution in [0.1, 0.15) is 34.7 Å². The Labute approximate surface area is 180 Å². The van der Waals surface area contributed by atoms with Crippen LogP contribution in [-0.4, -0.2) is 47.2 Å². The number of imidazole rings is 1. The number of carbonyl (C=O) groups is 2. The molecule has 3 aromatic rings. The molecule has 31 heavy (non-hydrogen) atoms. The van der Waals surface area contributed by atoms with E-state index in [0.717, 1.165) is 5.69 Å². The van der Waals surface area contributed by atoms with Crippen LogP contribution >= 0.6 is 0 Å². The first-order valence-corrected chi connectivity index (χ1v) is 11.1. The van der Waals surface area contributed by atoms with Crippen LogP contribution in [0.5, 0.6) is 0 Å². The van der Waals surface area contributed by atoms with E-state index in [2.05, 4.69) is 15.8 Å². The summed E-state index contributed by atoms with van der Waals surface area (Å²) >= 11 is 0. The number of nitrogens with zero attached hydrogens (tertiary/aromatic N) is 3. The normalized spacial score (nSPS) is 11.3. The molecule has 9 nitrogen and oxygen atoms in total. The number of para-hydroxylation sites is 1. The van der Waals surface area contributed by atoms with E-state index in [1.807, 2.05) is 30.3 Å². The molecule has 3 rings (SSSR count). The number of amides is 2. The molecule has 2 aromatic carbocycles. The van der Waals surface area contributed by atoms with Crippen LogP contribution in [0.15, 0.2) is 72.0 Å². The third-order valence-electron chi connectivity index (χ3n) is 4.63. The molecule has 0 aliphatic heterocycles. The Morgan fingerprint density at radius 2 is 1.65 bits per heavy atom. The fourth-order valence-corrected chi connectivity index (χ4v) is 4.52. The number of aromatic nitrogens is 2. The van der Waals surface area contributed by atoms with Gasteiger partial charge in [0.1, 0.15) is 5.69 Å². The molecule has 2 amide bonds. The van der Waals surface area contributed by atoms with Gasteiger partial charge in [-0.2, -0.15) is 4.31 Å². The first kappa shape index (κ1) is 22.2. The summed E-state index contributed by atoms with van der Waals surface area (Å²) in [4.78, 5) is 29.1. The quantitative estimate of drug-likeness (QED) is 0.544. The topological polar surface area (TPSA) is 113 Å². The lowest BCUT2D eigenvalue weighted by Crippen LogP contribution is -2.42. The zero-order chi connectivity index (χ0) is 22.4. The molecule has 0 spiro atoms. The Bertz CT molecular complexity index is 1170. The number of rotatable bonds is 7. The average molecular weight is 442 g/mol. The van der Waals surface area contributed by atoms with Gasteiger partial charge in [-0.05, 0) is 30.3 Å². The third kappa shape index (κ3) is 4.81. The minimum atomic E-state index is -3.71. The molecule has 0 radical (unpaired) electrons. The second kappa shape index (κ2) is 9.54. The molecule has 2 N–H and O–H groups in total. The summed E-state index contributed by atoms with van der Waals surface area (Å²) in [6.07, 6.45) is 2.87. The Morgan fingerprint density at radius 3 is 2.32 bits per heavy atom. The highest BCUT2D eigenvalue weighted by atomic mass is 32.2. The summed E-state index contributed by atoms with van der Waals surface area (Å²) < 4.78 is 28.2. The van der Waals surface area contributed by atoms with Gasteiger partial charge in [0, 0.05) is 24.3 Å². The van der Waals surface area contributed by atoms with Gasteiger partial charge in [-0.3, -0.25) is 25.0 Å². The van der Waals surface area contributed by atoms with E-state index < -0.39 is 21.8 Å². The lowest BCUT2D eigenvalue weighted by atomic mass is 10.2. The number of hydrazine groups is 1. The van der Waals surface area contributed by atoms with Crippen LogP contribution < -0.4 is 10.9 Å². The van der Waals surface area contributed by atoms with Crippen molar-refractivity contribution in [2.24, 2.45) is 0 Å². The standard InChI is InChI=1S/C21H23N5O4S/c1-3-25(4-2)31(29,30)18-12-8-9-16(13-18)20(27)23-24-21(28)19-14-22-15-26(19)17-10-6-5-7-11-17/h5-15H,3-4H2,1-2H3,(H,23,27)(H,24,28). The largest absolute Gasteiger partial charge is 0.295 e. The minimum absolute atomic E-state index is 0.0114. The highest BCUT2D eigenvalue weighted by Gasteiger charge is 2.23. The van der Waals surface area contributed by atoms with Crippen molar-refractivity contribution in [3.8, 4) is 5.69 Å². The first-order valence-electron chi connectivity index (χ1n) is 9.67. The SMILES string of the molecule is CCN(CC)S(=O)(=O)c1cccc(C(=O)NNC(=O)c2cncn2-c2ccccc2)c1. The summed E-state index contributed by atoms with van der Waals surface area (Å²) in [5, 5.41) is 0. The van der Waals surface area contributed by atoms with E-state index in [1.165, 1.54) is 41.1 Å². The molecular formula is C21H23N5O4S. The Hall–Kier alpha value is -3.50. The maximum atomic E-state index is 12.7. The molecule has 0 aliphatic rings. The molecule has 0 saturated carbocycles. The van der Waals surface area contributed by atoms with Gasteiger partial charge in [-0.25, -0.2) is 13.4 Å². The predicted octanol–water partition coefficient (Wildman–Crippen LogP) is 1.98. The van der Waals surface area contributed by atoms with Gasteiger partial charge in [0.15, 0.2) is 0 Å². The summed E-state index contributed by atoms with van der Waals surface area (Å²) in [6.45, 7) is 4.13. The van der Waals surface area contributed by atoms with Gasteiger partial charge in [-0.1, -0.05) is 38.1 Å². The van der Waals surface area contributed by atoms with Crippen molar-refractivity contribution in [2.45, 2.75) is 18.7 Å². The number of sulfonamides is 1. The third-order valence-corrected chi connectivity index (χ3v) is 6.68. The van der Waals surface area contributed by atoms with Crippen molar-refractivity contribution in [2.75, 3.05) is 13.1 Å². The Kier molecular flexibility index (Phi) is 6.83. The van der Waals surface area contributed by atoms with Gasteiger partial charge in [0.25, 0.3) is 11.8 Å². The first-order chi connectivity index (χ1) is 14.9. The van der Waals surface area contributed by atoms with E-state index in [4.69, 9.17) is 0 Å². The van der Waals surface area contributed by atoms with E-state index in [1.54, 1.807) is 18.4 Å². The van der Waals surface area contributed by atoms with Crippen LogP contribution in [0, 0.1) is 0 Å². The molecule has 0 bridgehead atoms. The molecule has 0 unspecified atom stereocenters. The van der Waals surface area contributed by atoms with Gasteiger partial charge >= 0.3 is 0 Å². The van der Waals surface area contributed by atoms with Crippen molar-refractivity contribution < 1.29 is 18.0 Å². The second-order valence-corrected chi connectivity index (χ2v) is 8.45. The van der Waals surface area contributed by atoms with Gasteiger partial charge in [-0.15, -0.1) is 0 Å². The monoisotopic (exact) mass is 441 g/mol.